The van der Waals surface area contributed by atoms with E-state index in [-0.39, 0.29) is 5.82 Å². The molecule has 4 rings (SSSR count). The first-order valence-electron chi connectivity index (χ1n) is 7.54. The van der Waals surface area contributed by atoms with E-state index in [4.69, 9.17) is 5.73 Å². The highest BCUT2D eigenvalue weighted by Gasteiger charge is 2.24. The van der Waals surface area contributed by atoms with Crippen LogP contribution in [0.4, 0.5) is 10.2 Å². The molecule has 2 heterocycles. The van der Waals surface area contributed by atoms with Crippen molar-refractivity contribution in [2.75, 3.05) is 5.73 Å². The van der Waals surface area contributed by atoms with Crippen molar-refractivity contribution in [2.24, 2.45) is 5.92 Å². The Morgan fingerprint density at radius 3 is 3.00 bits per heavy atom. The van der Waals surface area contributed by atoms with E-state index in [0.717, 1.165) is 35.9 Å². The fourth-order valence-electron chi connectivity index (χ4n) is 3.41. The zero-order valence-corrected chi connectivity index (χ0v) is 12.4. The van der Waals surface area contributed by atoms with Crippen molar-refractivity contribution in [1.82, 2.24) is 15.2 Å². The first-order chi connectivity index (χ1) is 10.6. The molecular weight excluding hydrogens is 279 g/mol. The predicted molar refractivity (Wildman–Crippen MR) is 84.9 cm³/mol. The van der Waals surface area contributed by atoms with Crippen LogP contribution < -0.4 is 5.73 Å². The highest BCUT2D eigenvalue weighted by atomic mass is 19.1. The summed E-state index contributed by atoms with van der Waals surface area (Å²) in [7, 11) is 0. The van der Waals surface area contributed by atoms with Gasteiger partial charge < -0.3 is 5.73 Å². The second-order valence-electron chi connectivity index (χ2n) is 6.11. The molecule has 22 heavy (non-hydrogen) atoms. The molecule has 1 aliphatic carbocycles. The molecule has 1 aliphatic rings. The number of fused-ring (bicyclic) bond motifs is 3. The average molecular weight is 296 g/mol. The number of nitrogens with one attached hydrogen (secondary N) is 1. The Morgan fingerprint density at radius 1 is 1.32 bits per heavy atom. The number of H-pyrrole nitrogens is 1. The summed E-state index contributed by atoms with van der Waals surface area (Å²) in [4.78, 5) is 4.68. The zero-order valence-electron chi connectivity index (χ0n) is 12.4. The van der Waals surface area contributed by atoms with Crippen molar-refractivity contribution in [1.29, 1.82) is 0 Å². The number of benzene rings is 1. The van der Waals surface area contributed by atoms with Crippen LogP contribution in [0.25, 0.3) is 22.3 Å². The SMILES string of the molecule is CC1CCc2c(-c3cccc(F)c3)nc3[nH]nc(N)c3c2C1. The quantitative estimate of drug-likeness (QED) is 0.722. The Balaban J connectivity index is 2.04. The molecule has 1 aromatic carbocycles. The Morgan fingerprint density at radius 2 is 2.18 bits per heavy atom. The maximum Gasteiger partial charge on any atom is 0.158 e. The second kappa shape index (κ2) is 4.80. The summed E-state index contributed by atoms with van der Waals surface area (Å²) >= 11 is 0. The third-order valence-electron chi connectivity index (χ3n) is 4.49. The Labute approximate surface area is 127 Å². The first kappa shape index (κ1) is 13.2. The smallest absolute Gasteiger partial charge is 0.158 e. The molecule has 3 aromatic rings. The van der Waals surface area contributed by atoms with Crippen LogP contribution in [0.1, 0.15) is 24.5 Å². The van der Waals surface area contributed by atoms with Crippen molar-refractivity contribution in [3.05, 3.63) is 41.2 Å². The molecule has 0 aliphatic heterocycles. The predicted octanol–water partition coefficient (Wildman–Crippen LogP) is 3.47. The maximum absolute atomic E-state index is 13.6. The molecule has 0 bridgehead atoms. The molecule has 0 spiro atoms. The van der Waals surface area contributed by atoms with Crippen molar-refractivity contribution < 1.29 is 4.39 Å². The van der Waals surface area contributed by atoms with Gasteiger partial charge in [0, 0.05) is 5.56 Å². The van der Waals surface area contributed by atoms with E-state index in [1.54, 1.807) is 6.07 Å². The Bertz CT molecular complexity index is 868. The third kappa shape index (κ3) is 1.96. The van der Waals surface area contributed by atoms with Gasteiger partial charge in [0.1, 0.15) is 5.82 Å². The van der Waals surface area contributed by atoms with Gasteiger partial charge in [0.2, 0.25) is 0 Å². The molecule has 5 heteroatoms. The van der Waals surface area contributed by atoms with Gasteiger partial charge in [-0.15, -0.1) is 0 Å². The van der Waals surface area contributed by atoms with Gasteiger partial charge in [0.15, 0.2) is 11.5 Å². The topological polar surface area (TPSA) is 67.6 Å². The van der Waals surface area contributed by atoms with Gasteiger partial charge in [-0.05, 0) is 48.4 Å². The highest BCUT2D eigenvalue weighted by molar-refractivity contribution is 5.93. The van der Waals surface area contributed by atoms with E-state index in [0.29, 0.717) is 17.4 Å². The molecule has 1 unspecified atom stereocenters. The fourth-order valence-corrected chi connectivity index (χ4v) is 3.41. The number of pyridine rings is 1. The van der Waals surface area contributed by atoms with E-state index in [9.17, 15) is 4.39 Å². The standard InChI is InChI=1S/C17H17FN4/c1-9-5-6-12-13(7-9)14-16(19)21-22-17(14)20-15(12)10-3-2-4-11(18)8-10/h2-4,8-9H,5-7H2,1H3,(H3,19,20,21,22). The number of anilines is 1. The molecule has 0 saturated carbocycles. The van der Waals surface area contributed by atoms with Crippen LogP contribution >= 0.6 is 0 Å². The van der Waals surface area contributed by atoms with Gasteiger partial charge in [0.25, 0.3) is 0 Å². The van der Waals surface area contributed by atoms with E-state index in [1.807, 2.05) is 6.07 Å². The summed E-state index contributed by atoms with van der Waals surface area (Å²) in [5, 5.41) is 7.93. The summed E-state index contributed by atoms with van der Waals surface area (Å²) in [5.74, 6) is 0.854. The maximum atomic E-state index is 13.6. The normalized spacial score (nSPS) is 17.6. The number of aromatic nitrogens is 3. The van der Waals surface area contributed by atoms with Crippen LogP contribution in [0.2, 0.25) is 0 Å². The Kier molecular flexibility index (Phi) is 2.89. The van der Waals surface area contributed by atoms with Crippen molar-refractivity contribution in [2.45, 2.75) is 26.2 Å². The molecule has 1 atom stereocenters. The molecule has 0 amide bonds. The van der Waals surface area contributed by atoms with Crippen molar-refractivity contribution in [3.8, 4) is 11.3 Å². The first-order valence-corrected chi connectivity index (χ1v) is 7.54. The summed E-state index contributed by atoms with van der Waals surface area (Å²) < 4.78 is 13.6. The van der Waals surface area contributed by atoms with Crippen molar-refractivity contribution in [3.63, 3.8) is 0 Å². The lowest BCUT2D eigenvalue weighted by Gasteiger charge is -2.24. The van der Waals surface area contributed by atoms with Gasteiger partial charge in [0.05, 0.1) is 11.1 Å². The minimum Gasteiger partial charge on any atom is -0.382 e. The minimum absolute atomic E-state index is 0.249. The Hall–Kier alpha value is -2.43. The van der Waals surface area contributed by atoms with Crippen LogP contribution in [-0.2, 0) is 12.8 Å². The molecule has 0 saturated heterocycles. The van der Waals surface area contributed by atoms with E-state index >= 15 is 0 Å². The number of halogens is 1. The number of nitrogen functional groups attached to an aromatic ring is 1. The number of hydrogen-bond acceptors (Lipinski definition) is 3. The van der Waals surface area contributed by atoms with Gasteiger partial charge in [-0.1, -0.05) is 19.1 Å². The lowest BCUT2D eigenvalue weighted by Crippen LogP contribution is -2.14. The monoisotopic (exact) mass is 296 g/mol. The van der Waals surface area contributed by atoms with Gasteiger partial charge in [-0.25, -0.2) is 9.37 Å². The van der Waals surface area contributed by atoms with Crippen LogP contribution in [0, 0.1) is 11.7 Å². The van der Waals surface area contributed by atoms with Crippen LogP contribution in [-0.4, -0.2) is 15.2 Å². The second-order valence-corrected chi connectivity index (χ2v) is 6.11. The average Bonchev–Trinajstić information content (AvgIpc) is 2.88. The molecule has 112 valence electrons. The van der Waals surface area contributed by atoms with Gasteiger partial charge in [-0.2, -0.15) is 5.10 Å². The number of nitrogens with two attached hydrogens (primary N) is 1. The number of hydrogen-bond donors (Lipinski definition) is 2. The zero-order chi connectivity index (χ0) is 15.3. The van der Waals surface area contributed by atoms with Crippen LogP contribution in [0.5, 0.6) is 0 Å². The van der Waals surface area contributed by atoms with E-state index < -0.39 is 0 Å². The minimum atomic E-state index is -0.249. The third-order valence-corrected chi connectivity index (χ3v) is 4.49. The molecule has 3 N–H and O–H groups in total. The largest absolute Gasteiger partial charge is 0.382 e. The fraction of sp³-hybridized carbons (Fsp3) is 0.294. The molecule has 0 fully saturated rings. The molecule has 2 aromatic heterocycles. The lowest BCUT2D eigenvalue weighted by molar-refractivity contribution is 0.503. The summed E-state index contributed by atoms with van der Waals surface area (Å²) in [6.07, 6.45) is 3.01. The number of aromatic amines is 1. The van der Waals surface area contributed by atoms with E-state index in [2.05, 4.69) is 22.1 Å². The summed E-state index contributed by atoms with van der Waals surface area (Å²) in [5.41, 5.74) is 10.8. The van der Waals surface area contributed by atoms with Crippen LogP contribution in [0.15, 0.2) is 24.3 Å². The summed E-state index contributed by atoms with van der Waals surface area (Å²) in [6.45, 7) is 2.24. The van der Waals surface area contributed by atoms with Gasteiger partial charge in [-0.3, -0.25) is 5.10 Å². The number of rotatable bonds is 1. The lowest BCUT2D eigenvalue weighted by atomic mass is 9.82. The summed E-state index contributed by atoms with van der Waals surface area (Å²) in [6, 6.07) is 6.60. The number of nitrogens with zero attached hydrogens (tertiary/aromatic N) is 2. The molecular formula is C17H17FN4. The van der Waals surface area contributed by atoms with Crippen LogP contribution in [0.3, 0.4) is 0 Å². The molecule has 0 radical (unpaired) electrons. The molecule has 4 nitrogen and oxygen atoms in total. The van der Waals surface area contributed by atoms with Crippen molar-refractivity contribution >= 4 is 16.9 Å². The highest BCUT2D eigenvalue weighted by Crippen LogP contribution is 2.37. The van der Waals surface area contributed by atoms with E-state index in [1.165, 1.54) is 23.3 Å². The van der Waals surface area contributed by atoms with Gasteiger partial charge >= 0.3 is 0 Å².